The molecule has 3 aromatic heterocycles. The Morgan fingerprint density at radius 2 is 2.32 bits per heavy atom. The molecule has 0 amide bonds. The third-order valence-corrected chi connectivity index (χ3v) is 6.80. The molecule has 0 aromatic carbocycles. The highest BCUT2D eigenvalue weighted by Gasteiger charge is 2.10. The van der Waals surface area contributed by atoms with Crippen LogP contribution in [0.1, 0.15) is 17.7 Å². The SMILES string of the molecule is Clc1cc(NCc2cccs2)c2scc(Br)c2n1.NC1CCCNC1. The number of hydrogen-bond donors (Lipinski definition) is 3. The second kappa shape index (κ2) is 9.30. The molecule has 4 rings (SSSR count). The number of hydrogen-bond acceptors (Lipinski definition) is 6. The fourth-order valence-corrected chi connectivity index (χ4v) is 4.95. The fourth-order valence-electron chi connectivity index (χ4n) is 2.56. The molecule has 1 saturated heterocycles. The van der Waals surface area contributed by atoms with Gasteiger partial charge in [0.2, 0.25) is 0 Å². The van der Waals surface area contributed by atoms with Crippen molar-refractivity contribution >= 4 is 66.1 Å². The minimum atomic E-state index is 0.425. The molecule has 3 aromatic rings. The first-order valence-electron chi connectivity index (χ1n) is 8.09. The van der Waals surface area contributed by atoms with Gasteiger partial charge >= 0.3 is 0 Å². The monoisotopic (exact) mass is 458 g/mol. The summed E-state index contributed by atoms with van der Waals surface area (Å²) in [6.07, 6.45) is 2.45. The number of fused-ring (bicyclic) bond motifs is 1. The average Bonchev–Trinajstić information content (AvgIpc) is 3.25. The first-order chi connectivity index (χ1) is 12.1. The molecule has 4 heterocycles. The number of pyridine rings is 1. The van der Waals surface area contributed by atoms with Gasteiger partial charge in [0.05, 0.1) is 20.4 Å². The summed E-state index contributed by atoms with van der Waals surface area (Å²) < 4.78 is 2.12. The Morgan fingerprint density at radius 1 is 1.44 bits per heavy atom. The van der Waals surface area contributed by atoms with Crippen LogP contribution in [0.25, 0.3) is 10.2 Å². The van der Waals surface area contributed by atoms with Gasteiger partial charge in [0, 0.05) is 35.5 Å². The smallest absolute Gasteiger partial charge is 0.131 e. The Labute approximate surface area is 168 Å². The quantitative estimate of drug-likeness (QED) is 0.478. The van der Waals surface area contributed by atoms with Crippen molar-refractivity contribution in [3.8, 4) is 0 Å². The van der Waals surface area contributed by atoms with E-state index in [4.69, 9.17) is 17.3 Å². The maximum atomic E-state index is 6.05. The molecule has 134 valence electrons. The van der Waals surface area contributed by atoms with Crippen LogP contribution in [0.3, 0.4) is 0 Å². The van der Waals surface area contributed by atoms with Crippen molar-refractivity contribution in [3.63, 3.8) is 0 Å². The molecule has 4 nitrogen and oxygen atoms in total. The Morgan fingerprint density at radius 3 is 2.96 bits per heavy atom. The molecular formula is C17H20BrClN4S2. The van der Waals surface area contributed by atoms with Crippen LogP contribution >= 0.6 is 50.2 Å². The highest BCUT2D eigenvalue weighted by Crippen LogP contribution is 2.35. The maximum absolute atomic E-state index is 6.05. The van der Waals surface area contributed by atoms with Gasteiger partial charge in [0.15, 0.2) is 0 Å². The van der Waals surface area contributed by atoms with Gasteiger partial charge in [-0.3, -0.25) is 0 Å². The zero-order valence-corrected chi connectivity index (χ0v) is 17.6. The van der Waals surface area contributed by atoms with Crippen LogP contribution < -0.4 is 16.4 Å². The van der Waals surface area contributed by atoms with E-state index in [0.29, 0.717) is 11.2 Å². The van der Waals surface area contributed by atoms with Crippen LogP contribution in [-0.4, -0.2) is 24.1 Å². The molecule has 1 fully saturated rings. The number of piperidine rings is 1. The number of nitrogens with zero attached hydrogens (tertiary/aromatic N) is 1. The van der Waals surface area contributed by atoms with Gasteiger partial charge in [0.25, 0.3) is 0 Å². The summed E-state index contributed by atoms with van der Waals surface area (Å²) in [6.45, 7) is 2.98. The normalized spacial score (nSPS) is 17.2. The van der Waals surface area contributed by atoms with Gasteiger partial charge in [-0.15, -0.1) is 22.7 Å². The van der Waals surface area contributed by atoms with E-state index >= 15 is 0 Å². The van der Waals surface area contributed by atoms with Crippen LogP contribution in [0.2, 0.25) is 5.15 Å². The van der Waals surface area contributed by atoms with Gasteiger partial charge in [-0.25, -0.2) is 4.98 Å². The van der Waals surface area contributed by atoms with Gasteiger partial charge < -0.3 is 16.4 Å². The van der Waals surface area contributed by atoms with Crippen molar-refractivity contribution < 1.29 is 0 Å². The predicted octanol–water partition coefficient (Wildman–Crippen LogP) is 5.08. The van der Waals surface area contributed by atoms with E-state index in [1.54, 1.807) is 22.7 Å². The lowest BCUT2D eigenvalue weighted by Crippen LogP contribution is -2.39. The van der Waals surface area contributed by atoms with Gasteiger partial charge in [-0.1, -0.05) is 17.7 Å². The highest BCUT2D eigenvalue weighted by atomic mass is 79.9. The van der Waals surface area contributed by atoms with Crippen LogP contribution in [0.15, 0.2) is 33.4 Å². The number of aromatic nitrogens is 1. The molecule has 4 N–H and O–H groups in total. The summed E-state index contributed by atoms with van der Waals surface area (Å²) in [5, 5.41) is 11.2. The lowest BCUT2D eigenvalue weighted by atomic mass is 10.1. The molecule has 1 unspecified atom stereocenters. The van der Waals surface area contributed by atoms with Crippen LogP contribution in [0.4, 0.5) is 5.69 Å². The summed E-state index contributed by atoms with van der Waals surface area (Å²) in [6, 6.07) is 6.47. The van der Waals surface area contributed by atoms with Crippen LogP contribution in [0, 0.1) is 0 Å². The zero-order valence-electron chi connectivity index (χ0n) is 13.6. The Kier molecular flexibility index (Phi) is 7.09. The lowest BCUT2D eigenvalue weighted by Gasteiger charge is -2.17. The molecule has 1 aliphatic rings. The van der Waals surface area contributed by atoms with E-state index in [1.807, 2.05) is 11.4 Å². The maximum Gasteiger partial charge on any atom is 0.131 e. The number of halogens is 2. The van der Waals surface area contributed by atoms with Crippen molar-refractivity contribution in [1.29, 1.82) is 0 Å². The largest absolute Gasteiger partial charge is 0.379 e. The Hall–Kier alpha value is -0.700. The van der Waals surface area contributed by atoms with Crippen molar-refractivity contribution in [2.75, 3.05) is 18.4 Å². The lowest BCUT2D eigenvalue weighted by molar-refractivity contribution is 0.459. The number of anilines is 1. The molecule has 0 aliphatic carbocycles. The first kappa shape index (κ1) is 19.1. The molecule has 0 spiro atoms. The molecule has 8 heteroatoms. The second-order valence-corrected chi connectivity index (χ2v) is 8.95. The predicted molar refractivity (Wildman–Crippen MR) is 114 cm³/mol. The molecule has 1 aliphatic heterocycles. The number of thiophene rings is 2. The van der Waals surface area contributed by atoms with Gasteiger partial charge in [-0.2, -0.15) is 0 Å². The van der Waals surface area contributed by atoms with E-state index in [2.05, 4.69) is 49.1 Å². The highest BCUT2D eigenvalue weighted by molar-refractivity contribution is 9.10. The Balaban J connectivity index is 0.000000219. The summed E-state index contributed by atoms with van der Waals surface area (Å²) in [4.78, 5) is 5.63. The number of nitrogens with two attached hydrogens (primary N) is 1. The summed E-state index contributed by atoms with van der Waals surface area (Å²) in [5.41, 5.74) is 7.53. The molecule has 25 heavy (non-hydrogen) atoms. The Bertz CT molecular complexity index is 800. The van der Waals surface area contributed by atoms with E-state index < -0.39 is 0 Å². The van der Waals surface area contributed by atoms with E-state index in [0.717, 1.165) is 40.0 Å². The fraction of sp³-hybridized carbons (Fsp3) is 0.353. The molecular weight excluding hydrogens is 440 g/mol. The zero-order chi connectivity index (χ0) is 17.6. The summed E-state index contributed by atoms with van der Waals surface area (Å²) in [7, 11) is 0. The molecule has 0 radical (unpaired) electrons. The van der Waals surface area contributed by atoms with Crippen molar-refractivity contribution in [3.05, 3.63) is 43.5 Å². The second-order valence-electron chi connectivity index (χ2n) is 5.79. The molecule has 0 saturated carbocycles. The summed E-state index contributed by atoms with van der Waals surface area (Å²) >= 11 is 12.9. The third-order valence-electron chi connectivity index (χ3n) is 3.82. The summed E-state index contributed by atoms with van der Waals surface area (Å²) in [5.74, 6) is 0. The third kappa shape index (κ3) is 5.39. The van der Waals surface area contributed by atoms with Crippen LogP contribution in [-0.2, 0) is 6.54 Å². The van der Waals surface area contributed by atoms with E-state index in [-0.39, 0.29) is 0 Å². The van der Waals surface area contributed by atoms with Crippen molar-refractivity contribution in [2.24, 2.45) is 5.73 Å². The van der Waals surface area contributed by atoms with Crippen molar-refractivity contribution in [1.82, 2.24) is 10.3 Å². The molecule has 1 atom stereocenters. The molecule has 0 bridgehead atoms. The van der Waals surface area contributed by atoms with Gasteiger partial charge in [0.1, 0.15) is 5.15 Å². The standard InChI is InChI=1S/C12H8BrClN2S2.C5H12N2/c13-8-6-18-12-9(4-10(14)16-11(8)12)15-5-7-2-1-3-17-7;6-5-2-1-3-7-4-5/h1-4,6H,5H2,(H,15,16);5,7H,1-4,6H2. The minimum absolute atomic E-state index is 0.425. The first-order valence-corrected chi connectivity index (χ1v) is 11.0. The minimum Gasteiger partial charge on any atom is -0.379 e. The average molecular weight is 460 g/mol. The number of nitrogens with one attached hydrogen (secondary N) is 2. The van der Waals surface area contributed by atoms with E-state index in [1.165, 1.54) is 17.7 Å². The van der Waals surface area contributed by atoms with Gasteiger partial charge in [-0.05, 0) is 46.8 Å². The topological polar surface area (TPSA) is 63.0 Å². The van der Waals surface area contributed by atoms with E-state index in [9.17, 15) is 0 Å². The van der Waals surface area contributed by atoms with Crippen molar-refractivity contribution in [2.45, 2.75) is 25.4 Å². The van der Waals surface area contributed by atoms with Crippen LogP contribution in [0.5, 0.6) is 0 Å². The number of rotatable bonds is 3.